The van der Waals surface area contributed by atoms with Gasteiger partial charge in [-0.05, 0) is 25.7 Å². The molecule has 3 nitrogen and oxygen atoms in total. The van der Waals surface area contributed by atoms with E-state index in [0.717, 1.165) is 32.1 Å². The van der Waals surface area contributed by atoms with Crippen LogP contribution in [0.5, 0.6) is 0 Å². The van der Waals surface area contributed by atoms with Crippen LogP contribution in [0, 0.1) is 0 Å². The minimum Gasteiger partial charge on any atom is -0.387 e. The Hall–Kier alpha value is -0.830. The summed E-state index contributed by atoms with van der Waals surface area (Å²) in [6.07, 6.45) is 49.3. The third kappa shape index (κ3) is 34.5. The highest BCUT2D eigenvalue weighted by molar-refractivity contribution is 5.76. The molecule has 0 aromatic carbocycles. The van der Waals surface area contributed by atoms with Crippen molar-refractivity contribution in [2.24, 2.45) is 0 Å². The van der Waals surface area contributed by atoms with Gasteiger partial charge in [-0.2, -0.15) is 0 Å². The summed E-state index contributed by atoms with van der Waals surface area (Å²) in [6, 6.07) is -0.156. The fraction of sp³-hybridized carbons (Fsp3) is 0.930. The van der Waals surface area contributed by atoms with E-state index in [1.807, 2.05) is 6.08 Å². The number of aliphatic hydroxyl groups is 1. The summed E-state index contributed by atoms with van der Waals surface area (Å²) in [6.45, 7) is 6.70. The SMILES string of the molecule is CCCCCCCCCCCCC/C=C/[C@@H](O)[C@H](CCC)NC(=O)CCCCCCCCCCCCCCCCCCCCCC. The number of amides is 1. The predicted octanol–water partition coefficient (Wildman–Crippen LogP) is 14.1. The van der Waals surface area contributed by atoms with Crippen molar-refractivity contribution in [2.75, 3.05) is 0 Å². The van der Waals surface area contributed by atoms with Crippen LogP contribution < -0.4 is 5.32 Å². The lowest BCUT2D eigenvalue weighted by molar-refractivity contribution is -0.122. The van der Waals surface area contributed by atoms with Crippen molar-refractivity contribution < 1.29 is 9.90 Å². The third-order valence-corrected chi connectivity index (χ3v) is 9.92. The maximum Gasteiger partial charge on any atom is 0.220 e. The van der Waals surface area contributed by atoms with Gasteiger partial charge in [0.15, 0.2) is 0 Å². The smallest absolute Gasteiger partial charge is 0.220 e. The van der Waals surface area contributed by atoms with Crippen LogP contribution in [-0.4, -0.2) is 23.2 Å². The number of carbonyl (C=O) groups is 1. The molecule has 0 saturated heterocycles. The van der Waals surface area contributed by atoms with Gasteiger partial charge in [0.2, 0.25) is 5.91 Å². The number of carbonyl (C=O) groups excluding carboxylic acids is 1. The number of unbranched alkanes of at least 4 members (excludes halogenated alkanes) is 30. The molecule has 0 aliphatic carbocycles. The Kier molecular flexibility index (Phi) is 37.9. The van der Waals surface area contributed by atoms with E-state index in [4.69, 9.17) is 0 Å². The molecule has 0 heterocycles. The van der Waals surface area contributed by atoms with Crippen molar-refractivity contribution in [3.63, 3.8) is 0 Å². The minimum absolute atomic E-state index is 0.110. The lowest BCUT2D eigenvalue weighted by atomic mass is 10.0. The standard InChI is InChI=1S/C43H85NO2/c1-4-7-9-11-13-15-17-19-20-21-22-23-24-25-27-29-31-33-35-37-40-43(46)44-41(38-6-3)42(45)39-36-34-32-30-28-26-18-16-14-12-10-8-5-2/h36,39,41-42,45H,4-35,37-38,40H2,1-3H3,(H,44,46)/b39-36+/t41-,42+/m0/s1. The van der Waals surface area contributed by atoms with Crippen LogP contribution in [0.4, 0.5) is 0 Å². The number of hydrogen-bond acceptors (Lipinski definition) is 2. The first-order valence-corrected chi connectivity index (χ1v) is 21.3. The molecule has 2 atom stereocenters. The second kappa shape index (κ2) is 38.6. The zero-order chi connectivity index (χ0) is 33.6. The Balaban J connectivity index is 3.62. The second-order valence-electron chi connectivity index (χ2n) is 14.7. The first-order valence-electron chi connectivity index (χ1n) is 21.3. The van der Waals surface area contributed by atoms with E-state index in [2.05, 4.69) is 32.2 Å². The summed E-state index contributed by atoms with van der Waals surface area (Å²) in [7, 11) is 0. The van der Waals surface area contributed by atoms with Gasteiger partial charge >= 0.3 is 0 Å². The molecule has 0 spiro atoms. The lowest BCUT2D eigenvalue weighted by Gasteiger charge is -2.21. The average molecular weight is 648 g/mol. The maximum absolute atomic E-state index is 12.6. The van der Waals surface area contributed by atoms with Crippen LogP contribution in [0.1, 0.15) is 245 Å². The van der Waals surface area contributed by atoms with Gasteiger partial charge in [-0.3, -0.25) is 4.79 Å². The van der Waals surface area contributed by atoms with Gasteiger partial charge in [0.25, 0.3) is 0 Å². The van der Waals surface area contributed by atoms with Crippen molar-refractivity contribution in [2.45, 2.75) is 258 Å². The van der Waals surface area contributed by atoms with E-state index < -0.39 is 6.10 Å². The molecular formula is C43H85NO2. The molecule has 0 unspecified atom stereocenters. The molecule has 2 N–H and O–H groups in total. The average Bonchev–Trinajstić information content (AvgIpc) is 3.05. The Bertz CT molecular complexity index is 618. The molecular weight excluding hydrogens is 562 g/mol. The van der Waals surface area contributed by atoms with Crippen molar-refractivity contribution in [3.8, 4) is 0 Å². The van der Waals surface area contributed by atoms with E-state index in [1.54, 1.807) is 0 Å². The van der Waals surface area contributed by atoms with Gasteiger partial charge < -0.3 is 10.4 Å². The van der Waals surface area contributed by atoms with Gasteiger partial charge in [0.1, 0.15) is 0 Å². The van der Waals surface area contributed by atoms with Crippen molar-refractivity contribution in [3.05, 3.63) is 12.2 Å². The van der Waals surface area contributed by atoms with Crippen LogP contribution >= 0.6 is 0 Å². The highest BCUT2D eigenvalue weighted by Gasteiger charge is 2.18. The van der Waals surface area contributed by atoms with Crippen LogP contribution in [0.2, 0.25) is 0 Å². The highest BCUT2D eigenvalue weighted by atomic mass is 16.3. The summed E-state index contributed by atoms with van der Waals surface area (Å²) in [5, 5.41) is 13.8. The topological polar surface area (TPSA) is 49.3 Å². The van der Waals surface area contributed by atoms with E-state index >= 15 is 0 Å². The monoisotopic (exact) mass is 648 g/mol. The van der Waals surface area contributed by atoms with Gasteiger partial charge in [0, 0.05) is 6.42 Å². The Morgan fingerprint density at radius 1 is 0.478 bits per heavy atom. The molecule has 0 rings (SSSR count). The van der Waals surface area contributed by atoms with E-state index in [9.17, 15) is 9.90 Å². The molecule has 46 heavy (non-hydrogen) atoms. The predicted molar refractivity (Wildman–Crippen MR) is 206 cm³/mol. The van der Waals surface area contributed by atoms with Gasteiger partial charge in [-0.25, -0.2) is 0 Å². The van der Waals surface area contributed by atoms with E-state index in [-0.39, 0.29) is 11.9 Å². The summed E-state index contributed by atoms with van der Waals surface area (Å²) >= 11 is 0. The van der Waals surface area contributed by atoms with E-state index in [1.165, 1.54) is 186 Å². The van der Waals surface area contributed by atoms with Gasteiger partial charge in [-0.15, -0.1) is 0 Å². The zero-order valence-corrected chi connectivity index (χ0v) is 31.9. The van der Waals surface area contributed by atoms with E-state index in [0.29, 0.717) is 6.42 Å². The highest BCUT2D eigenvalue weighted by Crippen LogP contribution is 2.16. The molecule has 3 heteroatoms. The molecule has 274 valence electrons. The molecule has 0 saturated carbocycles. The molecule has 0 bridgehead atoms. The summed E-state index contributed by atoms with van der Waals surface area (Å²) in [4.78, 5) is 12.6. The van der Waals surface area contributed by atoms with Crippen molar-refractivity contribution in [1.29, 1.82) is 0 Å². The van der Waals surface area contributed by atoms with Crippen LogP contribution in [0.25, 0.3) is 0 Å². The maximum atomic E-state index is 12.6. The number of allylic oxidation sites excluding steroid dienone is 1. The van der Waals surface area contributed by atoms with Gasteiger partial charge in [0.05, 0.1) is 12.1 Å². The molecule has 0 fully saturated rings. The van der Waals surface area contributed by atoms with Gasteiger partial charge in [-0.1, -0.05) is 226 Å². The fourth-order valence-electron chi connectivity index (χ4n) is 6.76. The first-order chi connectivity index (χ1) is 22.7. The number of hydrogen-bond donors (Lipinski definition) is 2. The third-order valence-electron chi connectivity index (χ3n) is 9.92. The Morgan fingerprint density at radius 3 is 1.15 bits per heavy atom. The quantitative estimate of drug-likeness (QED) is 0.0517. The Morgan fingerprint density at radius 2 is 0.804 bits per heavy atom. The molecule has 0 aliphatic heterocycles. The summed E-state index contributed by atoms with van der Waals surface area (Å²) < 4.78 is 0. The Labute approximate surface area is 290 Å². The van der Waals surface area contributed by atoms with Crippen LogP contribution in [-0.2, 0) is 4.79 Å². The molecule has 0 aliphatic rings. The van der Waals surface area contributed by atoms with Crippen molar-refractivity contribution in [1.82, 2.24) is 5.32 Å². The zero-order valence-electron chi connectivity index (χ0n) is 31.9. The lowest BCUT2D eigenvalue weighted by Crippen LogP contribution is -2.42. The molecule has 0 aromatic rings. The van der Waals surface area contributed by atoms with Crippen LogP contribution in [0.3, 0.4) is 0 Å². The number of nitrogens with one attached hydrogen (secondary N) is 1. The largest absolute Gasteiger partial charge is 0.387 e. The number of aliphatic hydroxyl groups excluding tert-OH is 1. The number of rotatable bonds is 38. The molecule has 1 amide bonds. The summed E-state index contributed by atoms with van der Waals surface area (Å²) in [5.74, 6) is 0.110. The summed E-state index contributed by atoms with van der Waals surface area (Å²) in [5.41, 5.74) is 0. The first kappa shape index (κ1) is 45.2. The normalized spacial score (nSPS) is 13.0. The fourth-order valence-corrected chi connectivity index (χ4v) is 6.76. The van der Waals surface area contributed by atoms with Crippen LogP contribution in [0.15, 0.2) is 12.2 Å². The molecule has 0 aromatic heterocycles. The molecule has 0 radical (unpaired) electrons. The van der Waals surface area contributed by atoms with Crippen molar-refractivity contribution >= 4 is 5.91 Å². The second-order valence-corrected chi connectivity index (χ2v) is 14.7. The minimum atomic E-state index is -0.577.